The summed E-state index contributed by atoms with van der Waals surface area (Å²) in [4.78, 5) is 19.5. The Morgan fingerprint density at radius 2 is 1.20 bits per heavy atom. The van der Waals surface area contributed by atoms with Gasteiger partial charge in [-0.25, -0.2) is 0 Å². The minimum Gasteiger partial charge on any atom is -0.481 e. The smallest absolute Gasteiger partial charge is 0.317 e. The number of hydrogen-bond acceptors (Lipinski definition) is 3. The van der Waals surface area contributed by atoms with E-state index in [9.17, 15) is 9.59 Å². The first-order valence-corrected chi connectivity index (χ1v) is 9.13. The van der Waals surface area contributed by atoms with E-state index in [2.05, 4.69) is 49.1 Å². The van der Waals surface area contributed by atoms with Crippen LogP contribution < -0.4 is 5.73 Å². The number of carbonyl (C=O) groups is 2. The van der Waals surface area contributed by atoms with E-state index in [0.717, 1.165) is 32.1 Å². The predicted octanol–water partition coefficient (Wildman–Crippen LogP) is 4.69. The average molecular weight is 354 g/mol. The van der Waals surface area contributed by atoms with Gasteiger partial charge >= 0.3 is 11.9 Å². The third-order valence-corrected chi connectivity index (χ3v) is 3.20. The summed E-state index contributed by atoms with van der Waals surface area (Å²) in [5.74, 6) is -1.66. The number of rotatable bonds is 14. The molecule has 0 atom stereocenters. The number of carboxylic acid groups (broad SMARTS) is 2. The maximum absolute atomic E-state index is 10.3. The molecular formula is C20H35NO4. The zero-order valence-corrected chi connectivity index (χ0v) is 15.5. The highest BCUT2D eigenvalue weighted by molar-refractivity contribution is 5.68. The lowest BCUT2D eigenvalue weighted by atomic mass is 10.2. The molecule has 0 heterocycles. The number of aliphatic carboxylic acids is 2. The summed E-state index contributed by atoms with van der Waals surface area (Å²) in [6, 6.07) is 0. The Labute approximate surface area is 152 Å². The molecule has 0 radical (unpaired) electrons. The van der Waals surface area contributed by atoms with Crippen molar-refractivity contribution < 1.29 is 19.8 Å². The van der Waals surface area contributed by atoms with E-state index in [1.54, 1.807) is 0 Å². The topological polar surface area (TPSA) is 101 Å². The minimum atomic E-state index is -0.968. The summed E-state index contributed by atoms with van der Waals surface area (Å²) in [6.45, 7) is 1.95. The number of hydrogen-bond donors (Lipinski definition) is 3. The van der Waals surface area contributed by atoms with Crippen molar-refractivity contribution >= 4 is 11.9 Å². The SMILES string of the molecule is CCCCC/C=C\C/C=C\C/C=C\CCCCC(=O)O.NCC(=O)O. The Morgan fingerprint density at radius 3 is 1.60 bits per heavy atom. The van der Waals surface area contributed by atoms with Crippen molar-refractivity contribution in [2.75, 3.05) is 6.54 Å². The van der Waals surface area contributed by atoms with Gasteiger partial charge < -0.3 is 15.9 Å². The molecule has 0 spiro atoms. The molecule has 0 aliphatic carbocycles. The standard InChI is InChI=1S/C18H30O2.C2H5NO2/c1-2-3-4-5-6-7-8-9-10-11-12-13-14-15-16-17-18(19)20;3-1-2(4)5/h6-7,9-10,12-13H,2-5,8,11,14-17H2,1H3,(H,19,20);1,3H2,(H,4,5)/b7-6-,10-9-,13-12-;. The third-order valence-electron chi connectivity index (χ3n) is 3.20. The van der Waals surface area contributed by atoms with Crippen LogP contribution in [0.2, 0.25) is 0 Å². The molecule has 0 aromatic rings. The van der Waals surface area contributed by atoms with Gasteiger partial charge in [-0.05, 0) is 44.9 Å². The molecule has 0 saturated heterocycles. The van der Waals surface area contributed by atoms with Crippen LogP contribution in [0.4, 0.5) is 0 Å². The van der Waals surface area contributed by atoms with E-state index in [0.29, 0.717) is 6.42 Å². The first kappa shape index (κ1) is 25.4. The van der Waals surface area contributed by atoms with E-state index in [4.69, 9.17) is 10.2 Å². The average Bonchev–Trinajstić information content (AvgIpc) is 2.58. The zero-order chi connectivity index (χ0) is 19.2. The Balaban J connectivity index is 0. The van der Waals surface area contributed by atoms with Crippen LogP contribution in [0.1, 0.15) is 71.1 Å². The van der Waals surface area contributed by atoms with Gasteiger partial charge in [0.05, 0.1) is 6.54 Å². The summed E-state index contributed by atoms with van der Waals surface area (Å²) in [5, 5.41) is 16.1. The first-order valence-electron chi connectivity index (χ1n) is 9.13. The van der Waals surface area contributed by atoms with E-state index in [1.807, 2.05) is 0 Å². The second-order valence-corrected chi connectivity index (χ2v) is 5.62. The van der Waals surface area contributed by atoms with Crippen molar-refractivity contribution in [1.29, 1.82) is 0 Å². The summed E-state index contributed by atoms with van der Waals surface area (Å²) in [7, 11) is 0. The molecule has 5 heteroatoms. The van der Waals surface area contributed by atoms with Crippen molar-refractivity contribution in [2.45, 2.75) is 71.1 Å². The fraction of sp³-hybridized carbons (Fsp3) is 0.600. The van der Waals surface area contributed by atoms with Crippen molar-refractivity contribution in [1.82, 2.24) is 0 Å². The van der Waals surface area contributed by atoms with Crippen LogP contribution in [0, 0.1) is 0 Å². The molecule has 0 saturated carbocycles. The third kappa shape index (κ3) is 30.6. The molecule has 0 rings (SSSR count). The highest BCUT2D eigenvalue weighted by Crippen LogP contribution is 2.02. The molecule has 0 bridgehead atoms. The molecular weight excluding hydrogens is 318 g/mol. The van der Waals surface area contributed by atoms with Gasteiger partial charge in [0.2, 0.25) is 0 Å². The van der Waals surface area contributed by atoms with Crippen LogP contribution in [-0.2, 0) is 9.59 Å². The molecule has 0 aromatic carbocycles. The number of carboxylic acids is 2. The van der Waals surface area contributed by atoms with E-state index >= 15 is 0 Å². The van der Waals surface area contributed by atoms with Gasteiger partial charge in [0.25, 0.3) is 0 Å². The van der Waals surface area contributed by atoms with Gasteiger partial charge in [-0.15, -0.1) is 0 Å². The molecule has 144 valence electrons. The molecule has 0 aliphatic heterocycles. The molecule has 4 N–H and O–H groups in total. The van der Waals surface area contributed by atoms with Gasteiger partial charge in [0.1, 0.15) is 0 Å². The highest BCUT2D eigenvalue weighted by Gasteiger charge is 1.93. The van der Waals surface area contributed by atoms with E-state index in [-0.39, 0.29) is 6.54 Å². The second-order valence-electron chi connectivity index (χ2n) is 5.62. The normalized spacial score (nSPS) is 11.1. The van der Waals surface area contributed by atoms with Crippen molar-refractivity contribution in [3.63, 3.8) is 0 Å². The van der Waals surface area contributed by atoms with Crippen molar-refractivity contribution in [2.24, 2.45) is 5.73 Å². The predicted molar refractivity (Wildman–Crippen MR) is 104 cm³/mol. The Morgan fingerprint density at radius 1 is 0.760 bits per heavy atom. The fourth-order valence-electron chi connectivity index (χ4n) is 1.83. The Kier molecular flexibility index (Phi) is 22.4. The van der Waals surface area contributed by atoms with Crippen LogP contribution >= 0.6 is 0 Å². The summed E-state index contributed by atoms with van der Waals surface area (Å²) >= 11 is 0. The summed E-state index contributed by atoms with van der Waals surface area (Å²) < 4.78 is 0. The monoisotopic (exact) mass is 353 g/mol. The zero-order valence-electron chi connectivity index (χ0n) is 15.5. The molecule has 0 fully saturated rings. The molecule has 5 nitrogen and oxygen atoms in total. The van der Waals surface area contributed by atoms with E-state index in [1.165, 1.54) is 25.7 Å². The molecule has 0 unspecified atom stereocenters. The lowest BCUT2D eigenvalue weighted by Crippen LogP contribution is -2.10. The van der Waals surface area contributed by atoms with Crippen molar-refractivity contribution in [3.8, 4) is 0 Å². The number of nitrogens with two attached hydrogens (primary N) is 1. The molecule has 0 amide bonds. The Hall–Kier alpha value is -1.88. The maximum atomic E-state index is 10.3. The molecule has 0 aromatic heterocycles. The van der Waals surface area contributed by atoms with Gasteiger partial charge in [-0.1, -0.05) is 56.2 Å². The second kappa shape index (κ2) is 22.1. The summed E-state index contributed by atoms with van der Waals surface area (Å²) in [6.07, 6.45) is 23.3. The molecule has 0 aliphatic rings. The van der Waals surface area contributed by atoms with Gasteiger partial charge in [0, 0.05) is 6.42 Å². The molecule has 25 heavy (non-hydrogen) atoms. The lowest BCUT2D eigenvalue weighted by molar-refractivity contribution is -0.137. The van der Waals surface area contributed by atoms with Crippen LogP contribution in [0.15, 0.2) is 36.5 Å². The first-order chi connectivity index (χ1) is 12.0. The largest absolute Gasteiger partial charge is 0.481 e. The van der Waals surface area contributed by atoms with Gasteiger partial charge in [-0.3, -0.25) is 9.59 Å². The van der Waals surface area contributed by atoms with E-state index < -0.39 is 11.9 Å². The quantitative estimate of drug-likeness (QED) is 0.311. The number of allylic oxidation sites excluding steroid dienone is 6. The number of unbranched alkanes of at least 4 members (excludes halogenated alkanes) is 5. The summed E-state index contributed by atoms with van der Waals surface area (Å²) in [5.41, 5.74) is 4.57. The van der Waals surface area contributed by atoms with Crippen LogP contribution in [0.25, 0.3) is 0 Å². The lowest BCUT2D eigenvalue weighted by Gasteiger charge is -1.92. The van der Waals surface area contributed by atoms with Gasteiger partial charge in [-0.2, -0.15) is 0 Å². The highest BCUT2D eigenvalue weighted by atomic mass is 16.4. The van der Waals surface area contributed by atoms with Crippen molar-refractivity contribution in [3.05, 3.63) is 36.5 Å². The fourth-order valence-corrected chi connectivity index (χ4v) is 1.83. The van der Waals surface area contributed by atoms with Crippen LogP contribution in [-0.4, -0.2) is 28.7 Å². The maximum Gasteiger partial charge on any atom is 0.317 e. The van der Waals surface area contributed by atoms with Gasteiger partial charge in [0.15, 0.2) is 0 Å². The minimum absolute atomic E-state index is 0.278. The van der Waals surface area contributed by atoms with Crippen LogP contribution in [0.5, 0.6) is 0 Å². The van der Waals surface area contributed by atoms with Crippen LogP contribution in [0.3, 0.4) is 0 Å². The Bertz CT molecular complexity index is 401.